The van der Waals surface area contributed by atoms with Crippen LogP contribution in [0.4, 0.5) is 0 Å². The van der Waals surface area contributed by atoms with Crippen LogP contribution in [-0.2, 0) is 9.53 Å². The fourth-order valence-electron chi connectivity index (χ4n) is 1.29. The summed E-state index contributed by atoms with van der Waals surface area (Å²) in [6.45, 7) is 2.22. The van der Waals surface area contributed by atoms with E-state index in [4.69, 9.17) is 0 Å². The summed E-state index contributed by atoms with van der Waals surface area (Å²) in [7, 11) is 1.40. The van der Waals surface area contributed by atoms with Crippen molar-refractivity contribution in [3.8, 4) is 0 Å². The van der Waals surface area contributed by atoms with Crippen molar-refractivity contribution in [1.29, 1.82) is 0 Å². The summed E-state index contributed by atoms with van der Waals surface area (Å²) >= 11 is 0. The number of ether oxygens (including phenoxy) is 1. The quantitative estimate of drug-likeness (QED) is 0.339. The third-order valence-corrected chi connectivity index (χ3v) is 2.18. The summed E-state index contributed by atoms with van der Waals surface area (Å²) in [5.41, 5.74) is 0. The van der Waals surface area contributed by atoms with Gasteiger partial charge < -0.3 is 4.74 Å². The highest BCUT2D eigenvalue weighted by molar-refractivity contribution is 5.81. The molecule has 0 rings (SSSR count). The molecule has 0 bridgehead atoms. The van der Waals surface area contributed by atoms with Crippen LogP contribution in [0.15, 0.2) is 12.2 Å². The predicted octanol–water partition coefficient (Wildman–Crippen LogP) is 3.47. The minimum atomic E-state index is -0.254. The van der Waals surface area contributed by atoms with E-state index in [9.17, 15) is 4.79 Å². The monoisotopic (exact) mass is 198 g/mol. The van der Waals surface area contributed by atoms with Gasteiger partial charge in [0.1, 0.15) is 0 Å². The number of methoxy groups -OCH3 is 1. The van der Waals surface area contributed by atoms with E-state index in [1.165, 1.54) is 51.7 Å². The summed E-state index contributed by atoms with van der Waals surface area (Å²) in [6, 6.07) is 0. The number of carbonyl (C=O) groups excluding carboxylic acids is 1. The first-order valence-electron chi connectivity index (χ1n) is 5.55. The fraction of sp³-hybridized carbons (Fsp3) is 0.750. The molecule has 0 spiro atoms. The van der Waals surface area contributed by atoms with Crippen molar-refractivity contribution in [2.45, 2.75) is 51.9 Å². The minimum absolute atomic E-state index is 0.254. The van der Waals surface area contributed by atoms with E-state index in [0.29, 0.717) is 0 Å². The zero-order valence-corrected chi connectivity index (χ0v) is 9.42. The third-order valence-electron chi connectivity index (χ3n) is 2.18. The highest BCUT2D eigenvalue weighted by atomic mass is 16.5. The van der Waals surface area contributed by atoms with Crippen LogP contribution < -0.4 is 0 Å². The lowest BCUT2D eigenvalue weighted by Gasteiger charge is -1.97. The van der Waals surface area contributed by atoms with Gasteiger partial charge in [0.05, 0.1) is 7.11 Å². The number of carbonyl (C=O) groups is 1. The Morgan fingerprint density at radius 2 is 1.79 bits per heavy atom. The van der Waals surface area contributed by atoms with Gasteiger partial charge in [0.2, 0.25) is 0 Å². The van der Waals surface area contributed by atoms with Gasteiger partial charge in [-0.15, -0.1) is 0 Å². The molecule has 82 valence electrons. The number of esters is 1. The molecule has 0 aromatic heterocycles. The van der Waals surface area contributed by atoms with Crippen molar-refractivity contribution in [1.82, 2.24) is 0 Å². The molecule has 0 aromatic carbocycles. The molecule has 0 heterocycles. The van der Waals surface area contributed by atoms with Gasteiger partial charge in [-0.1, -0.05) is 45.1 Å². The Balaban J connectivity index is 3.13. The van der Waals surface area contributed by atoms with Gasteiger partial charge >= 0.3 is 5.97 Å². The second kappa shape index (κ2) is 10.3. The maximum Gasteiger partial charge on any atom is 0.330 e. The van der Waals surface area contributed by atoms with Gasteiger partial charge in [0, 0.05) is 6.08 Å². The summed E-state index contributed by atoms with van der Waals surface area (Å²) in [5.74, 6) is -0.254. The van der Waals surface area contributed by atoms with Crippen LogP contribution in [0.2, 0.25) is 0 Å². The molecule has 0 aliphatic heterocycles. The van der Waals surface area contributed by atoms with Crippen molar-refractivity contribution in [3.05, 3.63) is 12.2 Å². The Kier molecular flexibility index (Phi) is 9.71. The van der Waals surface area contributed by atoms with E-state index < -0.39 is 0 Å². The van der Waals surface area contributed by atoms with Gasteiger partial charge in [-0.3, -0.25) is 0 Å². The Hall–Kier alpha value is -0.790. The number of hydrogen-bond acceptors (Lipinski definition) is 2. The van der Waals surface area contributed by atoms with Crippen LogP contribution >= 0.6 is 0 Å². The van der Waals surface area contributed by atoms with E-state index in [-0.39, 0.29) is 5.97 Å². The van der Waals surface area contributed by atoms with Crippen LogP contribution in [-0.4, -0.2) is 13.1 Å². The van der Waals surface area contributed by atoms with Crippen LogP contribution in [0.5, 0.6) is 0 Å². The molecule has 0 fully saturated rings. The number of unbranched alkanes of at least 4 members (excludes halogenated alkanes) is 6. The Labute approximate surface area is 87.3 Å². The normalized spacial score (nSPS) is 10.7. The first kappa shape index (κ1) is 13.2. The van der Waals surface area contributed by atoms with Gasteiger partial charge in [0.25, 0.3) is 0 Å². The molecule has 0 atom stereocenters. The molecule has 0 radical (unpaired) electrons. The van der Waals surface area contributed by atoms with Gasteiger partial charge in [-0.05, 0) is 12.8 Å². The predicted molar refractivity (Wildman–Crippen MR) is 59.1 cm³/mol. The molecule has 2 heteroatoms. The number of rotatable bonds is 8. The zero-order valence-electron chi connectivity index (χ0n) is 9.42. The molecule has 14 heavy (non-hydrogen) atoms. The first-order chi connectivity index (χ1) is 6.81. The SMILES string of the molecule is CCCCCCCC/C=C\C(=O)OC. The molecule has 2 nitrogen and oxygen atoms in total. The van der Waals surface area contributed by atoms with Crippen LogP contribution in [0, 0.1) is 0 Å². The van der Waals surface area contributed by atoms with E-state index in [1.54, 1.807) is 0 Å². The van der Waals surface area contributed by atoms with Crippen molar-refractivity contribution in [2.75, 3.05) is 7.11 Å². The van der Waals surface area contributed by atoms with E-state index in [1.807, 2.05) is 6.08 Å². The molecular weight excluding hydrogens is 176 g/mol. The molecule has 0 unspecified atom stereocenters. The number of hydrogen-bond donors (Lipinski definition) is 0. The van der Waals surface area contributed by atoms with E-state index >= 15 is 0 Å². The van der Waals surface area contributed by atoms with Crippen LogP contribution in [0.3, 0.4) is 0 Å². The minimum Gasteiger partial charge on any atom is -0.466 e. The molecule has 0 N–H and O–H groups in total. The molecule has 0 amide bonds. The lowest BCUT2D eigenvalue weighted by atomic mass is 10.1. The fourth-order valence-corrected chi connectivity index (χ4v) is 1.29. The molecule has 0 saturated carbocycles. The van der Waals surface area contributed by atoms with Crippen molar-refractivity contribution in [2.24, 2.45) is 0 Å². The molecular formula is C12H22O2. The number of allylic oxidation sites excluding steroid dienone is 1. The van der Waals surface area contributed by atoms with E-state index in [0.717, 1.165) is 6.42 Å². The van der Waals surface area contributed by atoms with Gasteiger partial charge in [-0.25, -0.2) is 4.79 Å². The summed E-state index contributed by atoms with van der Waals surface area (Å²) in [4.78, 5) is 10.7. The van der Waals surface area contributed by atoms with Crippen LogP contribution in [0.1, 0.15) is 51.9 Å². The Morgan fingerprint density at radius 3 is 2.43 bits per heavy atom. The molecule has 0 aliphatic rings. The Bertz CT molecular complexity index is 162. The van der Waals surface area contributed by atoms with Crippen LogP contribution in [0.25, 0.3) is 0 Å². The smallest absolute Gasteiger partial charge is 0.330 e. The molecule has 0 aliphatic carbocycles. The van der Waals surface area contributed by atoms with Crippen molar-refractivity contribution in [3.63, 3.8) is 0 Å². The summed E-state index contributed by atoms with van der Waals surface area (Å²) in [6.07, 6.45) is 12.1. The lowest BCUT2D eigenvalue weighted by Crippen LogP contribution is -1.93. The van der Waals surface area contributed by atoms with Crippen molar-refractivity contribution < 1.29 is 9.53 Å². The summed E-state index contributed by atoms with van der Waals surface area (Å²) in [5, 5.41) is 0. The third kappa shape index (κ3) is 9.30. The maximum absolute atomic E-state index is 10.7. The second-order valence-electron chi connectivity index (χ2n) is 3.48. The average molecular weight is 198 g/mol. The zero-order chi connectivity index (χ0) is 10.6. The van der Waals surface area contributed by atoms with Gasteiger partial charge in [-0.2, -0.15) is 0 Å². The molecule has 0 aromatic rings. The topological polar surface area (TPSA) is 26.3 Å². The lowest BCUT2D eigenvalue weighted by molar-refractivity contribution is -0.134. The highest BCUT2D eigenvalue weighted by Crippen LogP contribution is 2.06. The Morgan fingerprint density at radius 1 is 1.14 bits per heavy atom. The van der Waals surface area contributed by atoms with Crippen molar-refractivity contribution >= 4 is 5.97 Å². The van der Waals surface area contributed by atoms with E-state index in [2.05, 4.69) is 11.7 Å². The largest absolute Gasteiger partial charge is 0.466 e. The second-order valence-corrected chi connectivity index (χ2v) is 3.48. The first-order valence-corrected chi connectivity index (χ1v) is 5.55. The average Bonchev–Trinajstić information content (AvgIpc) is 2.21. The van der Waals surface area contributed by atoms with Gasteiger partial charge in [0.15, 0.2) is 0 Å². The highest BCUT2D eigenvalue weighted by Gasteiger charge is 1.90. The molecule has 0 saturated heterocycles. The summed E-state index contributed by atoms with van der Waals surface area (Å²) < 4.78 is 4.48. The maximum atomic E-state index is 10.7. The standard InChI is InChI=1S/C12H22O2/c1-3-4-5-6-7-8-9-10-11-12(13)14-2/h10-11H,3-9H2,1-2H3/b11-10-.